The SMILES string of the molecule is COc1ccc(S(N)(=O)=O)cc1C(=O)N(C)CC(C)(C)C. The van der Waals surface area contributed by atoms with Crippen molar-refractivity contribution in [3.8, 4) is 5.75 Å². The van der Waals surface area contributed by atoms with E-state index < -0.39 is 10.0 Å². The van der Waals surface area contributed by atoms with Gasteiger partial charge in [-0.2, -0.15) is 0 Å². The van der Waals surface area contributed by atoms with Crippen LogP contribution in [-0.2, 0) is 10.0 Å². The fraction of sp³-hybridized carbons (Fsp3) is 0.500. The summed E-state index contributed by atoms with van der Waals surface area (Å²) in [6.07, 6.45) is 0. The number of carbonyl (C=O) groups is 1. The molecule has 1 aromatic carbocycles. The molecule has 6 nitrogen and oxygen atoms in total. The zero-order chi connectivity index (χ0) is 16.4. The molecule has 0 unspecified atom stereocenters. The predicted molar refractivity (Wildman–Crippen MR) is 80.8 cm³/mol. The van der Waals surface area contributed by atoms with Crippen molar-refractivity contribution in [2.24, 2.45) is 10.6 Å². The Bertz CT molecular complexity index is 633. The lowest BCUT2D eigenvalue weighted by atomic mass is 9.96. The number of ether oxygens (including phenoxy) is 1. The minimum absolute atomic E-state index is 0.0742. The maximum absolute atomic E-state index is 12.5. The molecule has 0 spiro atoms. The van der Waals surface area contributed by atoms with Crippen LogP contribution in [0.1, 0.15) is 31.1 Å². The monoisotopic (exact) mass is 314 g/mol. The Labute approximate surface area is 125 Å². The van der Waals surface area contributed by atoms with E-state index in [0.717, 1.165) is 0 Å². The summed E-state index contributed by atoms with van der Waals surface area (Å²) in [6.45, 7) is 6.55. The Morgan fingerprint density at radius 2 is 1.90 bits per heavy atom. The summed E-state index contributed by atoms with van der Waals surface area (Å²) in [5, 5.41) is 5.10. The zero-order valence-electron chi connectivity index (χ0n) is 13.0. The Kier molecular flexibility index (Phi) is 5.01. The summed E-state index contributed by atoms with van der Waals surface area (Å²) in [7, 11) is -0.785. The Balaban J connectivity index is 3.24. The van der Waals surface area contributed by atoms with Crippen molar-refractivity contribution < 1.29 is 17.9 Å². The molecule has 0 radical (unpaired) electrons. The lowest BCUT2D eigenvalue weighted by molar-refractivity contribution is 0.0742. The van der Waals surface area contributed by atoms with E-state index in [2.05, 4.69) is 0 Å². The highest BCUT2D eigenvalue weighted by Crippen LogP contribution is 2.24. The lowest BCUT2D eigenvalue weighted by Gasteiger charge is -2.27. The molecule has 0 atom stereocenters. The summed E-state index contributed by atoms with van der Waals surface area (Å²) in [6, 6.07) is 3.99. The average molecular weight is 314 g/mol. The molecule has 0 aliphatic rings. The van der Waals surface area contributed by atoms with E-state index in [1.54, 1.807) is 7.05 Å². The molecule has 1 aromatic rings. The number of methoxy groups -OCH3 is 1. The molecule has 1 rings (SSSR count). The molecule has 0 saturated heterocycles. The second kappa shape index (κ2) is 6.03. The quantitative estimate of drug-likeness (QED) is 0.911. The number of carbonyl (C=O) groups excluding carboxylic acids is 1. The Morgan fingerprint density at radius 1 is 1.33 bits per heavy atom. The smallest absolute Gasteiger partial charge is 0.257 e. The van der Waals surface area contributed by atoms with Crippen molar-refractivity contribution in [2.75, 3.05) is 20.7 Å². The summed E-state index contributed by atoms with van der Waals surface area (Å²) in [5.74, 6) is 0.000402. The van der Waals surface area contributed by atoms with Crippen LogP contribution in [0.4, 0.5) is 0 Å². The van der Waals surface area contributed by atoms with Gasteiger partial charge < -0.3 is 9.64 Å². The van der Waals surface area contributed by atoms with E-state index in [-0.39, 0.29) is 21.8 Å². The average Bonchev–Trinajstić information content (AvgIpc) is 2.33. The van der Waals surface area contributed by atoms with Crippen LogP contribution in [0.15, 0.2) is 23.1 Å². The number of sulfonamides is 1. The molecule has 0 aliphatic heterocycles. The van der Waals surface area contributed by atoms with E-state index in [0.29, 0.717) is 12.3 Å². The maximum atomic E-state index is 12.5. The molecule has 1 amide bonds. The van der Waals surface area contributed by atoms with Gasteiger partial charge in [-0.15, -0.1) is 0 Å². The van der Waals surface area contributed by atoms with Gasteiger partial charge in [0.2, 0.25) is 10.0 Å². The van der Waals surface area contributed by atoms with Gasteiger partial charge in [0.1, 0.15) is 5.75 Å². The number of nitrogens with zero attached hydrogens (tertiary/aromatic N) is 1. The van der Waals surface area contributed by atoms with Crippen LogP contribution in [0.5, 0.6) is 5.75 Å². The third-order valence-electron chi connectivity index (χ3n) is 2.79. The molecular weight excluding hydrogens is 292 g/mol. The minimum Gasteiger partial charge on any atom is -0.496 e. The highest BCUT2D eigenvalue weighted by Gasteiger charge is 2.23. The molecule has 7 heteroatoms. The van der Waals surface area contributed by atoms with E-state index in [9.17, 15) is 13.2 Å². The molecule has 0 bridgehead atoms. The van der Waals surface area contributed by atoms with E-state index >= 15 is 0 Å². The molecule has 0 saturated carbocycles. The third kappa shape index (κ3) is 4.71. The number of nitrogens with two attached hydrogens (primary N) is 1. The predicted octanol–water partition coefficient (Wildman–Crippen LogP) is 1.46. The van der Waals surface area contributed by atoms with Crippen molar-refractivity contribution >= 4 is 15.9 Å². The first-order valence-electron chi connectivity index (χ1n) is 6.42. The Hall–Kier alpha value is -1.60. The molecule has 2 N–H and O–H groups in total. The van der Waals surface area contributed by atoms with Crippen LogP contribution in [0.25, 0.3) is 0 Å². The number of hydrogen-bond acceptors (Lipinski definition) is 4. The van der Waals surface area contributed by atoms with Crippen LogP contribution < -0.4 is 9.88 Å². The van der Waals surface area contributed by atoms with Gasteiger partial charge >= 0.3 is 0 Å². The van der Waals surface area contributed by atoms with Gasteiger partial charge in [0.15, 0.2) is 0 Å². The number of primary sulfonamides is 1. The topological polar surface area (TPSA) is 89.7 Å². The number of rotatable bonds is 4. The number of amides is 1. The van der Waals surface area contributed by atoms with Crippen LogP contribution in [0.3, 0.4) is 0 Å². The molecule has 0 fully saturated rings. The van der Waals surface area contributed by atoms with Gasteiger partial charge in [-0.1, -0.05) is 20.8 Å². The molecule has 118 valence electrons. The maximum Gasteiger partial charge on any atom is 0.257 e. The zero-order valence-corrected chi connectivity index (χ0v) is 13.8. The highest BCUT2D eigenvalue weighted by molar-refractivity contribution is 7.89. The normalized spacial score (nSPS) is 12.1. The third-order valence-corrected chi connectivity index (χ3v) is 3.70. The van der Waals surface area contributed by atoms with Gasteiger partial charge in [0, 0.05) is 13.6 Å². The highest BCUT2D eigenvalue weighted by atomic mass is 32.2. The standard InChI is InChI=1S/C14H22N2O4S/c1-14(2,3)9-16(4)13(17)11-8-10(21(15,18)19)6-7-12(11)20-5/h6-8H,9H2,1-5H3,(H2,15,18,19). The fourth-order valence-electron chi connectivity index (χ4n) is 2.02. The molecule has 0 aromatic heterocycles. The largest absolute Gasteiger partial charge is 0.496 e. The van der Waals surface area contributed by atoms with E-state index in [1.165, 1.54) is 30.2 Å². The summed E-state index contributed by atoms with van der Waals surface area (Å²) < 4.78 is 28.0. The van der Waals surface area contributed by atoms with Crippen molar-refractivity contribution in [1.29, 1.82) is 0 Å². The first-order chi connectivity index (χ1) is 9.45. The van der Waals surface area contributed by atoms with Crippen molar-refractivity contribution in [3.05, 3.63) is 23.8 Å². The molecule has 0 aliphatic carbocycles. The van der Waals surface area contributed by atoms with Gasteiger partial charge in [0.05, 0.1) is 17.6 Å². The van der Waals surface area contributed by atoms with Crippen LogP contribution >= 0.6 is 0 Å². The Morgan fingerprint density at radius 3 is 2.33 bits per heavy atom. The van der Waals surface area contributed by atoms with Crippen molar-refractivity contribution in [3.63, 3.8) is 0 Å². The molecule has 0 heterocycles. The van der Waals surface area contributed by atoms with Crippen LogP contribution in [0, 0.1) is 5.41 Å². The second-order valence-corrected chi connectivity index (χ2v) is 7.69. The van der Waals surface area contributed by atoms with E-state index in [4.69, 9.17) is 9.88 Å². The molecular formula is C14H22N2O4S. The van der Waals surface area contributed by atoms with E-state index in [1.807, 2.05) is 20.8 Å². The van der Waals surface area contributed by atoms with Crippen LogP contribution in [-0.4, -0.2) is 39.9 Å². The van der Waals surface area contributed by atoms with Gasteiger partial charge in [-0.25, -0.2) is 13.6 Å². The van der Waals surface area contributed by atoms with Gasteiger partial charge in [0.25, 0.3) is 5.91 Å². The number of benzene rings is 1. The van der Waals surface area contributed by atoms with Crippen LogP contribution in [0.2, 0.25) is 0 Å². The van der Waals surface area contributed by atoms with Crippen molar-refractivity contribution in [2.45, 2.75) is 25.7 Å². The van der Waals surface area contributed by atoms with Crippen molar-refractivity contribution in [1.82, 2.24) is 4.90 Å². The summed E-state index contributed by atoms with van der Waals surface area (Å²) in [4.78, 5) is 13.9. The first-order valence-corrected chi connectivity index (χ1v) is 7.96. The number of hydrogen-bond donors (Lipinski definition) is 1. The van der Waals surface area contributed by atoms with Gasteiger partial charge in [-0.3, -0.25) is 4.79 Å². The second-order valence-electron chi connectivity index (χ2n) is 6.13. The first kappa shape index (κ1) is 17.5. The van der Waals surface area contributed by atoms with Gasteiger partial charge in [-0.05, 0) is 23.6 Å². The lowest BCUT2D eigenvalue weighted by Crippen LogP contribution is -2.34. The summed E-state index contributed by atoms with van der Waals surface area (Å²) >= 11 is 0. The fourth-order valence-corrected chi connectivity index (χ4v) is 2.56. The molecule has 21 heavy (non-hydrogen) atoms. The minimum atomic E-state index is -3.87. The summed E-state index contributed by atoms with van der Waals surface area (Å²) in [5.41, 5.74) is 0.102.